The van der Waals surface area contributed by atoms with Crippen molar-refractivity contribution in [1.29, 1.82) is 0 Å². The third-order valence-corrected chi connectivity index (χ3v) is 2.67. The van der Waals surface area contributed by atoms with Crippen molar-refractivity contribution < 1.29 is 0 Å². The number of rotatable bonds is 3. The first-order valence-corrected chi connectivity index (χ1v) is 5.25. The van der Waals surface area contributed by atoms with Crippen molar-refractivity contribution in [3.8, 4) is 0 Å². The van der Waals surface area contributed by atoms with Gasteiger partial charge in [0.2, 0.25) is 0 Å². The Bertz CT molecular complexity index is 277. The van der Waals surface area contributed by atoms with E-state index < -0.39 is 0 Å². The molecule has 5 heteroatoms. The first-order valence-electron chi connectivity index (χ1n) is 4.87. The molecule has 0 unspecified atom stereocenters. The first-order chi connectivity index (χ1) is 7.13. The molecule has 1 fully saturated rings. The second-order valence-electron chi connectivity index (χ2n) is 3.57. The molecule has 0 aromatic rings. The molecule has 15 heavy (non-hydrogen) atoms. The van der Waals surface area contributed by atoms with E-state index in [0.29, 0.717) is 0 Å². The molecule has 1 rings (SSSR count). The summed E-state index contributed by atoms with van der Waals surface area (Å²) < 4.78 is 0. The predicted octanol–water partition coefficient (Wildman–Crippen LogP) is 0.815. The number of halogens is 1. The predicted molar refractivity (Wildman–Crippen MR) is 64.8 cm³/mol. The molecule has 1 saturated heterocycles. The largest absolute Gasteiger partial charge is 0.369 e. The molecule has 1 aliphatic heterocycles. The number of nitrogens with two attached hydrogens (primary N) is 1. The van der Waals surface area contributed by atoms with Crippen LogP contribution in [0.1, 0.15) is 0 Å². The molecule has 2 N–H and O–H groups in total. The minimum absolute atomic E-state index is 0.283. The lowest BCUT2D eigenvalue weighted by atomic mass is 10.3. The van der Waals surface area contributed by atoms with E-state index in [1.165, 1.54) is 0 Å². The number of hydrogen-bond donors (Lipinski definition) is 1. The Balaban J connectivity index is 2.44. The summed E-state index contributed by atoms with van der Waals surface area (Å²) in [4.78, 5) is 4.51. The van der Waals surface area contributed by atoms with E-state index in [9.17, 15) is 0 Å². The molecule has 0 atom stereocenters. The van der Waals surface area contributed by atoms with Crippen molar-refractivity contribution in [2.24, 2.45) is 10.9 Å². The fraction of sp³-hybridized carbons (Fsp3) is 0.500. The molecule has 0 radical (unpaired) electrons. The minimum Gasteiger partial charge on any atom is -0.369 e. The maximum atomic E-state index is 5.64. The summed E-state index contributed by atoms with van der Waals surface area (Å²) in [6.07, 6.45) is 3.49. The van der Waals surface area contributed by atoms with Crippen LogP contribution in [0.25, 0.3) is 0 Å². The number of nitrogens with zero attached hydrogens (tertiary/aromatic N) is 3. The highest BCUT2D eigenvalue weighted by Crippen LogP contribution is 2.08. The number of likely N-dealkylation sites (N-methyl/N-ethyl adjacent to an activating group) is 1. The van der Waals surface area contributed by atoms with Crippen molar-refractivity contribution >= 4 is 16.8 Å². The summed E-state index contributed by atoms with van der Waals surface area (Å²) in [5.41, 5.74) is 0.949. The molecule has 84 valence electrons. The van der Waals surface area contributed by atoms with Gasteiger partial charge in [0.05, 0.1) is 0 Å². The van der Waals surface area contributed by atoms with Crippen molar-refractivity contribution in [1.82, 2.24) is 9.80 Å². The van der Waals surface area contributed by atoms with Crippen LogP contribution < -0.4 is 5.84 Å². The zero-order valence-electron chi connectivity index (χ0n) is 8.99. The average Bonchev–Trinajstić information content (AvgIpc) is 2.26. The molecule has 0 aromatic heterocycles. The zero-order valence-corrected chi connectivity index (χ0v) is 9.74. The molecule has 0 amide bonds. The fourth-order valence-corrected chi connectivity index (χ4v) is 1.47. The highest BCUT2D eigenvalue weighted by atomic mass is 35.5. The standard InChI is InChI=1S/C10H17ClN4/c1-9(3-4-10(11)13-12)15-7-5-14(2)6-8-15/h3-4H,1,5-8,12H2,2H3/b4-3-,13-10+. The van der Waals surface area contributed by atoms with Crippen LogP contribution in [0.4, 0.5) is 0 Å². The summed E-state index contributed by atoms with van der Waals surface area (Å²) in [5.74, 6) is 5.01. The van der Waals surface area contributed by atoms with Crippen LogP contribution in [0, 0.1) is 0 Å². The first kappa shape index (κ1) is 12.1. The third kappa shape index (κ3) is 3.93. The minimum atomic E-state index is 0.283. The fourth-order valence-electron chi connectivity index (χ4n) is 1.41. The van der Waals surface area contributed by atoms with Gasteiger partial charge < -0.3 is 15.6 Å². The molecular formula is C10H17ClN4. The van der Waals surface area contributed by atoms with Gasteiger partial charge in [0.1, 0.15) is 5.17 Å². The van der Waals surface area contributed by atoms with E-state index >= 15 is 0 Å². The maximum Gasteiger partial charge on any atom is 0.148 e. The maximum absolute atomic E-state index is 5.64. The molecule has 1 aliphatic rings. The Morgan fingerprint density at radius 1 is 1.33 bits per heavy atom. The molecule has 0 bridgehead atoms. The van der Waals surface area contributed by atoms with Crippen molar-refractivity contribution in [3.05, 3.63) is 24.4 Å². The second-order valence-corrected chi connectivity index (χ2v) is 3.95. The molecule has 0 saturated carbocycles. The summed E-state index contributed by atoms with van der Waals surface area (Å²) in [6, 6.07) is 0. The zero-order chi connectivity index (χ0) is 11.3. The van der Waals surface area contributed by atoms with Crippen LogP contribution in [0.3, 0.4) is 0 Å². The normalized spacial score (nSPS) is 19.9. The highest BCUT2D eigenvalue weighted by Gasteiger charge is 2.13. The van der Waals surface area contributed by atoms with Gasteiger partial charge in [-0.15, -0.1) is 0 Å². The number of allylic oxidation sites excluding steroid dienone is 2. The van der Waals surface area contributed by atoms with Crippen LogP contribution in [0.5, 0.6) is 0 Å². The van der Waals surface area contributed by atoms with Crippen LogP contribution in [0.15, 0.2) is 29.5 Å². The number of hydrogen-bond acceptors (Lipinski definition) is 4. The van der Waals surface area contributed by atoms with Gasteiger partial charge in [0.15, 0.2) is 0 Å². The van der Waals surface area contributed by atoms with Crippen LogP contribution in [-0.2, 0) is 0 Å². The molecule has 4 nitrogen and oxygen atoms in total. The SMILES string of the molecule is C=C(/C=C\C(Cl)=N/N)N1CCN(C)CC1. The summed E-state index contributed by atoms with van der Waals surface area (Å²) in [6.45, 7) is 8.09. The number of hydrazone groups is 1. The van der Waals surface area contributed by atoms with E-state index in [2.05, 4.69) is 28.5 Å². The monoisotopic (exact) mass is 228 g/mol. The molecular weight excluding hydrogens is 212 g/mol. The van der Waals surface area contributed by atoms with E-state index in [-0.39, 0.29) is 5.17 Å². The van der Waals surface area contributed by atoms with Crippen molar-refractivity contribution in [3.63, 3.8) is 0 Å². The van der Waals surface area contributed by atoms with Crippen LogP contribution in [0.2, 0.25) is 0 Å². The Kier molecular flexibility index (Phi) is 4.65. The molecule has 0 aromatic carbocycles. The Labute approximate surface area is 95.7 Å². The van der Waals surface area contributed by atoms with E-state index in [1.807, 2.05) is 6.08 Å². The lowest BCUT2D eigenvalue weighted by Crippen LogP contribution is -2.43. The van der Waals surface area contributed by atoms with Crippen LogP contribution >= 0.6 is 11.6 Å². The Hall–Kier alpha value is -1.00. The van der Waals surface area contributed by atoms with Gasteiger partial charge in [-0.2, -0.15) is 5.10 Å². The van der Waals surface area contributed by atoms with E-state index in [0.717, 1.165) is 31.9 Å². The summed E-state index contributed by atoms with van der Waals surface area (Å²) in [7, 11) is 2.12. The Morgan fingerprint density at radius 2 is 1.93 bits per heavy atom. The molecule has 0 aliphatic carbocycles. The average molecular weight is 229 g/mol. The van der Waals surface area contributed by atoms with E-state index in [4.69, 9.17) is 17.4 Å². The van der Waals surface area contributed by atoms with Gasteiger partial charge in [-0.1, -0.05) is 18.2 Å². The van der Waals surface area contributed by atoms with Gasteiger partial charge in [-0.3, -0.25) is 0 Å². The third-order valence-electron chi connectivity index (χ3n) is 2.45. The summed E-state index contributed by atoms with van der Waals surface area (Å²) in [5, 5.41) is 3.63. The quantitative estimate of drug-likeness (QED) is 0.337. The van der Waals surface area contributed by atoms with Crippen LogP contribution in [-0.4, -0.2) is 48.2 Å². The molecule has 1 heterocycles. The Morgan fingerprint density at radius 3 is 2.47 bits per heavy atom. The van der Waals surface area contributed by atoms with Gasteiger partial charge in [0.25, 0.3) is 0 Å². The van der Waals surface area contributed by atoms with Crippen molar-refractivity contribution in [2.45, 2.75) is 0 Å². The van der Waals surface area contributed by atoms with Gasteiger partial charge in [0, 0.05) is 31.9 Å². The molecule has 0 spiro atoms. The van der Waals surface area contributed by atoms with Gasteiger partial charge in [-0.05, 0) is 19.2 Å². The second kappa shape index (κ2) is 5.78. The lowest BCUT2D eigenvalue weighted by Gasteiger charge is -2.34. The topological polar surface area (TPSA) is 44.9 Å². The van der Waals surface area contributed by atoms with Crippen molar-refractivity contribution in [2.75, 3.05) is 33.2 Å². The highest BCUT2D eigenvalue weighted by molar-refractivity contribution is 6.68. The van der Waals surface area contributed by atoms with Gasteiger partial charge in [-0.25, -0.2) is 0 Å². The van der Waals surface area contributed by atoms with Gasteiger partial charge >= 0.3 is 0 Å². The number of piperazine rings is 1. The smallest absolute Gasteiger partial charge is 0.148 e. The summed E-state index contributed by atoms with van der Waals surface area (Å²) >= 11 is 5.64. The lowest BCUT2D eigenvalue weighted by molar-refractivity contribution is 0.190. The van der Waals surface area contributed by atoms with E-state index in [1.54, 1.807) is 6.08 Å².